The number of nitrogens with zero attached hydrogens (tertiary/aromatic N) is 1. The summed E-state index contributed by atoms with van der Waals surface area (Å²) in [6, 6.07) is 2.83. The first-order valence-electron chi connectivity index (χ1n) is 7.06. The molecule has 1 aromatic rings. The van der Waals surface area contributed by atoms with Crippen LogP contribution in [0.2, 0.25) is 0 Å². The summed E-state index contributed by atoms with van der Waals surface area (Å²) in [5, 5.41) is 2.78. The third kappa shape index (κ3) is 3.15. The summed E-state index contributed by atoms with van der Waals surface area (Å²) in [5.74, 6) is -0.834. The third-order valence-electron chi connectivity index (χ3n) is 4.00. The van der Waals surface area contributed by atoms with E-state index in [-0.39, 0.29) is 11.1 Å². The van der Waals surface area contributed by atoms with Crippen molar-refractivity contribution in [3.05, 3.63) is 34.2 Å². The molecule has 1 heterocycles. The van der Waals surface area contributed by atoms with Gasteiger partial charge in [-0.25, -0.2) is 4.79 Å². The minimum atomic E-state index is -0.967. The second-order valence-electron chi connectivity index (χ2n) is 5.45. The minimum absolute atomic E-state index is 0.256. The molecule has 6 nitrogen and oxygen atoms in total. The van der Waals surface area contributed by atoms with Gasteiger partial charge in [-0.05, 0) is 18.9 Å². The maximum Gasteiger partial charge on any atom is 0.331 e. The average molecular weight is 292 g/mol. The van der Waals surface area contributed by atoms with E-state index < -0.39 is 17.4 Å². The van der Waals surface area contributed by atoms with Gasteiger partial charge in [0.2, 0.25) is 0 Å². The first kappa shape index (κ1) is 15.3. The van der Waals surface area contributed by atoms with Crippen molar-refractivity contribution in [1.29, 1.82) is 0 Å². The lowest BCUT2D eigenvalue weighted by atomic mass is 9.81. The van der Waals surface area contributed by atoms with E-state index >= 15 is 0 Å². The number of carbonyl (C=O) groups excluding carboxylic acids is 2. The van der Waals surface area contributed by atoms with Crippen LogP contribution in [-0.4, -0.2) is 29.1 Å². The van der Waals surface area contributed by atoms with Crippen molar-refractivity contribution in [3.63, 3.8) is 0 Å². The topological polar surface area (TPSA) is 77.4 Å². The van der Waals surface area contributed by atoms with Crippen LogP contribution < -0.4 is 10.9 Å². The zero-order valence-corrected chi connectivity index (χ0v) is 12.3. The zero-order chi connectivity index (χ0) is 15.5. The van der Waals surface area contributed by atoms with Crippen molar-refractivity contribution in [2.45, 2.75) is 37.6 Å². The number of amides is 1. The van der Waals surface area contributed by atoms with E-state index in [1.165, 1.54) is 23.9 Å². The SMILES string of the molecule is COC(=O)C1(NC(=O)c2ccn(C)c(=O)c2)CCCCC1. The Balaban J connectivity index is 2.23. The van der Waals surface area contributed by atoms with Gasteiger partial charge in [0.1, 0.15) is 5.54 Å². The normalized spacial score (nSPS) is 17.0. The molecule has 1 N–H and O–H groups in total. The largest absolute Gasteiger partial charge is 0.467 e. The van der Waals surface area contributed by atoms with Crippen LogP contribution in [0.5, 0.6) is 0 Å². The molecule has 0 aliphatic heterocycles. The van der Waals surface area contributed by atoms with Gasteiger partial charge >= 0.3 is 5.97 Å². The Morgan fingerprint density at radius 2 is 1.95 bits per heavy atom. The molecule has 1 saturated carbocycles. The van der Waals surface area contributed by atoms with Gasteiger partial charge in [-0.3, -0.25) is 9.59 Å². The lowest BCUT2D eigenvalue weighted by molar-refractivity contribution is -0.149. The van der Waals surface area contributed by atoms with Crippen molar-refractivity contribution >= 4 is 11.9 Å². The van der Waals surface area contributed by atoms with E-state index in [0.717, 1.165) is 19.3 Å². The summed E-state index contributed by atoms with van der Waals surface area (Å²) in [5.41, 5.74) is -0.976. The average Bonchev–Trinajstić information content (AvgIpc) is 2.50. The zero-order valence-electron chi connectivity index (χ0n) is 12.3. The van der Waals surface area contributed by atoms with Gasteiger partial charge in [0, 0.05) is 24.9 Å². The number of hydrogen-bond acceptors (Lipinski definition) is 4. The number of hydrogen-bond donors (Lipinski definition) is 1. The summed E-state index contributed by atoms with van der Waals surface area (Å²) in [7, 11) is 2.93. The molecular formula is C15H20N2O4. The molecule has 0 saturated heterocycles. The first-order chi connectivity index (χ1) is 9.98. The molecule has 0 aromatic carbocycles. The Kier molecular flexibility index (Phi) is 4.45. The predicted molar refractivity (Wildman–Crippen MR) is 77.0 cm³/mol. The molecule has 1 fully saturated rings. The quantitative estimate of drug-likeness (QED) is 0.843. The van der Waals surface area contributed by atoms with Crippen LogP contribution in [0, 0.1) is 0 Å². The number of pyridine rings is 1. The number of aryl methyl sites for hydroxylation is 1. The van der Waals surface area contributed by atoms with Crippen molar-refractivity contribution in [2.75, 3.05) is 7.11 Å². The fourth-order valence-corrected chi connectivity index (χ4v) is 2.71. The van der Waals surface area contributed by atoms with Crippen LogP contribution in [0.25, 0.3) is 0 Å². The summed E-state index contributed by atoms with van der Waals surface area (Å²) in [6.07, 6.45) is 5.44. The number of rotatable bonds is 3. The van der Waals surface area contributed by atoms with Crippen molar-refractivity contribution in [3.8, 4) is 0 Å². The Bertz CT molecular complexity index is 600. The number of esters is 1. The van der Waals surface area contributed by atoms with Gasteiger partial charge in [0.25, 0.3) is 11.5 Å². The summed E-state index contributed by atoms with van der Waals surface area (Å²) >= 11 is 0. The smallest absolute Gasteiger partial charge is 0.331 e. The van der Waals surface area contributed by atoms with E-state index in [0.29, 0.717) is 12.8 Å². The Hall–Kier alpha value is -2.11. The second kappa shape index (κ2) is 6.11. The fraction of sp³-hybridized carbons (Fsp3) is 0.533. The lowest BCUT2D eigenvalue weighted by Crippen LogP contribution is -2.56. The van der Waals surface area contributed by atoms with Crippen molar-refractivity contribution < 1.29 is 14.3 Å². The Morgan fingerprint density at radius 1 is 1.29 bits per heavy atom. The molecule has 0 bridgehead atoms. The molecule has 2 rings (SSSR count). The molecule has 1 aromatic heterocycles. The minimum Gasteiger partial charge on any atom is -0.467 e. The molecule has 0 radical (unpaired) electrons. The predicted octanol–water partition coefficient (Wildman–Crippen LogP) is 0.991. The van der Waals surface area contributed by atoms with Gasteiger partial charge < -0.3 is 14.6 Å². The monoisotopic (exact) mass is 292 g/mol. The van der Waals surface area contributed by atoms with Gasteiger partial charge in [-0.2, -0.15) is 0 Å². The number of aromatic nitrogens is 1. The van der Waals surface area contributed by atoms with Crippen LogP contribution in [-0.2, 0) is 16.6 Å². The van der Waals surface area contributed by atoms with Gasteiger partial charge in [-0.15, -0.1) is 0 Å². The standard InChI is InChI=1S/C15H20N2O4/c1-17-9-6-11(10-12(17)18)13(19)16-15(14(20)21-2)7-4-3-5-8-15/h6,9-10H,3-5,7-8H2,1-2H3,(H,16,19). The summed E-state index contributed by atoms with van der Waals surface area (Å²) in [4.78, 5) is 36.0. The Labute approximate surface area is 123 Å². The lowest BCUT2D eigenvalue weighted by Gasteiger charge is -2.35. The van der Waals surface area contributed by atoms with Crippen LogP contribution in [0.15, 0.2) is 23.1 Å². The number of carbonyl (C=O) groups is 2. The van der Waals surface area contributed by atoms with E-state index in [1.54, 1.807) is 13.1 Å². The molecule has 0 atom stereocenters. The van der Waals surface area contributed by atoms with Crippen LogP contribution in [0.4, 0.5) is 0 Å². The second-order valence-corrected chi connectivity index (χ2v) is 5.45. The fourth-order valence-electron chi connectivity index (χ4n) is 2.71. The van der Waals surface area contributed by atoms with Crippen LogP contribution in [0.1, 0.15) is 42.5 Å². The number of ether oxygens (including phenoxy) is 1. The van der Waals surface area contributed by atoms with Gasteiger partial charge in [0.15, 0.2) is 0 Å². The van der Waals surface area contributed by atoms with E-state index in [4.69, 9.17) is 4.74 Å². The van der Waals surface area contributed by atoms with E-state index in [2.05, 4.69) is 5.32 Å². The van der Waals surface area contributed by atoms with Gasteiger partial charge in [-0.1, -0.05) is 19.3 Å². The highest BCUT2D eigenvalue weighted by atomic mass is 16.5. The molecule has 0 unspecified atom stereocenters. The molecule has 6 heteroatoms. The molecule has 1 aliphatic carbocycles. The number of methoxy groups -OCH3 is 1. The van der Waals surface area contributed by atoms with E-state index in [9.17, 15) is 14.4 Å². The highest BCUT2D eigenvalue weighted by Crippen LogP contribution is 2.29. The first-order valence-corrected chi connectivity index (χ1v) is 7.06. The van der Waals surface area contributed by atoms with E-state index in [1.807, 2.05) is 0 Å². The third-order valence-corrected chi connectivity index (χ3v) is 4.00. The summed E-state index contributed by atoms with van der Waals surface area (Å²) < 4.78 is 6.24. The maximum absolute atomic E-state index is 12.3. The molecule has 1 amide bonds. The molecular weight excluding hydrogens is 272 g/mol. The molecule has 0 spiro atoms. The highest BCUT2D eigenvalue weighted by molar-refractivity contribution is 5.98. The van der Waals surface area contributed by atoms with Crippen molar-refractivity contribution in [1.82, 2.24) is 9.88 Å². The molecule has 114 valence electrons. The van der Waals surface area contributed by atoms with Gasteiger partial charge in [0.05, 0.1) is 7.11 Å². The highest BCUT2D eigenvalue weighted by Gasteiger charge is 2.42. The molecule has 21 heavy (non-hydrogen) atoms. The van der Waals surface area contributed by atoms with Crippen molar-refractivity contribution in [2.24, 2.45) is 7.05 Å². The Morgan fingerprint density at radius 3 is 2.52 bits per heavy atom. The summed E-state index contributed by atoms with van der Waals surface area (Å²) in [6.45, 7) is 0. The van der Waals surface area contributed by atoms with Crippen LogP contribution >= 0.6 is 0 Å². The number of nitrogens with one attached hydrogen (secondary N) is 1. The maximum atomic E-state index is 12.3. The molecule has 1 aliphatic rings. The van der Waals surface area contributed by atoms with Crippen LogP contribution in [0.3, 0.4) is 0 Å².